The molecule has 1 aromatic heterocycles. The van der Waals surface area contributed by atoms with Crippen LogP contribution in [-0.4, -0.2) is 51.7 Å². The summed E-state index contributed by atoms with van der Waals surface area (Å²) in [6.45, 7) is 10.0. The zero-order chi connectivity index (χ0) is 13.4. The van der Waals surface area contributed by atoms with Crippen LogP contribution in [-0.2, 0) is 11.2 Å². The van der Waals surface area contributed by atoms with Crippen molar-refractivity contribution in [3.05, 3.63) is 12.2 Å². The molecule has 18 heavy (non-hydrogen) atoms. The first kappa shape index (κ1) is 15.2. The molecule has 0 aliphatic rings. The Morgan fingerprint density at radius 1 is 1.33 bits per heavy atom. The van der Waals surface area contributed by atoms with Crippen molar-refractivity contribution in [3.63, 3.8) is 0 Å². The Kier molecular flexibility index (Phi) is 6.35. The number of carbonyl (C=O) groups excluding carboxylic acids is 1. The van der Waals surface area contributed by atoms with Crippen LogP contribution in [0.5, 0.6) is 0 Å². The number of hydrogen-bond donors (Lipinski definition) is 0. The molecular formula is C12H22N3O2S+. The molecule has 0 unspecified atom stereocenters. The van der Waals surface area contributed by atoms with Crippen molar-refractivity contribution in [2.45, 2.75) is 27.2 Å². The summed E-state index contributed by atoms with van der Waals surface area (Å²) < 4.78 is 5.76. The summed E-state index contributed by atoms with van der Waals surface area (Å²) in [7, 11) is 0. The van der Waals surface area contributed by atoms with Crippen molar-refractivity contribution in [1.82, 2.24) is 10.1 Å². The van der Waals surface area contributed by atoms with Crippen LogP contribution in [0, 0.1) is 0 Å². The van der Waals surface area contributed by atoms with Crippen LogP contribution in [0.1, 0.15) is 26.7 Å². The number of aromatic nitrogens is 2. The molecule has 0 atom stereocenters. The SMILES string of the molecule is CC[N+](CC)(CC)CC(=O)SCCc1ncno1. The van der Waals surface area contributed by atoms with Gasteiger partial charge in [-0.3, -0.25) is 4.79 Å². The molecule has 0 N–H and O–H groups in total. The van der Waals surface area contributed by atoms with Gasteiger partial charge in [0.25, 0.3) is 0 Å². The molecule has 0 aromatic carbocycles. The lowest BCUT2D eigenvalue weighted by Crippen LogP contribution is -2.50. The Morgan fingerprint density at radius 2 is 2.00 bits per heavy atom. The van der Waals surface area contributed by atoms with Gasteiger partial charge in [0, 0.05) is 12.2 Å². The molecule has 0 saturated carbocycles. The molecule has 0 aliphatic heterocycles. The summed E-state index contributed by atoms with van der Waals surface area (Å²) in [5.41, 5.74) is 0. The molecule has 0 radical (unpaired) electrons. The zero-order valence-corrected chi connectivity index (χ0v) is 12.2. The molecule has 102 valence electrons. The third-order valence-electron chi connectivity index (χ3n) is 3.46. The second kappa shape index (κ2) is 7.53. The van der Waals surface area contributed by atoms with E-state index in [2.05, 4.69) is 30.9 Å². The van der Waals surface area contributed by atoms with Gasteiger partial charge in [-0.15, -0.1) is 0 Å². The Bertz CT molecular complexity index is 342. The van der Waals surface area contributed by atoms with Gasteiger partial charge >= 0.3 is 0 Å². The minimum Gasteiger partial charge on any atom is -0.340 e. The van der Waals surface area contributed by atoms with E-state index in [1.54, 1.807) is 0 Å². The predicted octanol–water partition coefficient (Wildman–Crippen LogP) is 1.75. The first-order chi connectivity index (χ1) is 8.65. The Hall–Kier alpha value is -0.880. The van der Waals surface area contributed by atoms with Gasteiger partial charge in [-0.05, 0) is 20.8 Å². The molecule has 0 spiro atoms. The average molecular weight is 272 g/mol. The number of quaternary nitrogens is 1. The summed E-state index contributed by atoms with van der Waals surface area (Å²) in [4.78, 5) is 15.9. The smallest absolute Gasteiger partial charge is 0.243 e. The van der Waals surface area contributed by atoms with Gasteiger partial charge in [-0.2, -0.15) is 4.98 Å². The van der Waals surface area contributed by atoms with Crippen molar-refractivity contribution in [2.24, 2.45) is 0 Å². The number of aryl methyl sites for hydroxylation is 1. The maximum atomic E-state index is 11.9. The Morgan fingerprint density at radius 3 is 2.50 bits per heavy atom. The van der Waals surface area contributed by atoms with Gasteiger partial charge in [-0.1, -0.05) is 16.9 Å². The zero-order valence-electron chi connectivity index (χ0n) is 11.4. The van der Waals surface area contributed by atoms with Gasteiger partial charge in [0.1, 0.15) is 6.54 Å². The molecule has 1 aromatic rings. The molecule has 1 rings (SSSR count). The summed E-state index contributed by atoms with van der Waals surface area (Å²) in [5, 5.41) is 3.79. The third-order valence-corrected chi connectivity index (χ3v) is 4.32. The van der Waals surface area contributed by atoms with E-state index in [0.717, 1.165) is 24.1 Å². The maximum absolute atomic E-state index is 11.9. The van der Waals surface area contributed by atoms with Crippen molar-refractivity contribution < 1.29 is 13.8 Å². The second-order valence-electron chi connectivity index (χ2n) is 4.25. The highest BCUT2D eigenvalue weighted by atomic mass is 32.2. The molecule has 0 saturated heterocycles. The van der Waals surface area contributed by atoms with Crippen molar-refractivity contribution >= 4 is 16.9 Å². The lowest BCUT2D eigenvalue weighted by Gasteiger charge is -2.34. The van der Waals surface area contributed by atoms with Gasteiger partial charge in [-0.25, -0.2) is 0 Å². The lowest BCUT2D eigenvalue weighted by atomic mass is 10.3. The van der Waals surface area contributed by atoms with Crippen LogP contribution in [0.25, 0.3) is 0 Å². The maximum Gasteiger partial charge on any atom is 0.243 e. The van der Waals surface area contributed by atoms with E-state index in [-0.39, 0.29) is 5.12 Å². The van der Waals surface area contributed by atoms with Crippen molar-refractivity contribution in [3.8, 4) is 0 Å². The van der Waals surface area contributed by atoms with E-state index in [1.165, 1.54) is 18.1 Å². The fourth-order valence-corrected chi connectivity index (χ4v) is 2.75. The fraction of sp³-hybridized carbons (Fsp3) is 0.750. The average Bonchev–Trinajstić information content (AvgIpc) is 2.89. The van der Waals surface area contributed by atoms with Gasteiger partial charge < -0.3 is 9.01 Å². The summed E-state index contributed by atoms with van der Waals surface area (Å²) >= 11 is 1.37. The van der Waals surface area contributed by atoms with Gasteiger partial charge in [0.2, 0.25) is 11.0 Å². The topological polar surface area (TPSA) is 56.0 Å². The predicted molar refractivity (Wildman–Crippen MR) is 72.2 cm³/mol. The Labute approximate surface area is 113 Å². The van der Waals surface area contributed by atoms with E-state index >= 15 is 0 Å². The third kappa shape index (κ3) is 4.42. The van der Waals surface area contributed by atoms with Gasteiger partial charge in [0.05, 0.1) is 19.6 Å². The molecule has 0 fully saturated rings. The van der Waals surface area contributed by atoms with Gasteiger partial charge in [0.15, 0.2) is 6.33 Å². The molecule has 5 nitrogen and oxygen atoms in total. The minimum absolute atomic E-state index is 0.250. The van der Waals surface area contributed by atoms with E-state index in [9.17, 15) is 4.79 Å². The van der Waals surface area contributed by atoms with E-state index in [1.807, 2.05) is 0 Å². The van der Waals surface area contributed by atoms with Crippen LogP contribution in [0.2, 0.25) is 0 Å². The molecule has 1 heterocycles. The number of likely N-dealkylation sites (N-methyl/N-ethyl adjacent to an activating group) is 1. The largest absolute Gasteiger partial charge is 0.340 e. The quantitative estimate of drug-likeness (QED) is 0.675. The second-order valence-corrected chi connectivity index (χ2v) is 5.41. The van der Waals surface area contributed by atoms with Crippen LogP contribution in [0.4, 0.5) is 0 Å². The summed E-state index contributed by atoms with van der Waals surface area (Å²) in [6, 6.07) is 0. The number of rotatable bonds is 8. The Balaban J connectivity index is 2.32. The van der Waals surface area contributed by atoms with Crippen molar-refractivity contribution in [1.29, 1.82) is 0 Å². The number of nitrogens with zero attached hydrogens (tertiary/aromatic N) is 3. The highest BCUT2D eigenvalue weighted by Crippen LogP contribution is 2.12. The molecule has 6 heteroatoms. The normalized spacial score (nSPS) is 11.7. The van der Waals surface area contributed by atoms with Crippen molar-refractivity contribution in [2.75, 3.05) is 31.9 Å². The van der Waals surface area contributed by atoms with Crippen LogP contribution in [0.15, 0.2) is 10.9 Å². The number of carbonyl (C=O) groups is 1. The van der Waals surface area contributed by atoms with E-state index < -0.39 is 0 Å². The molecule has 0 bridgehead atoms. The monoisotopic (exact) mass is 272 g/mol. The van der Waals surface area contributed by atoms with E-state index in [4.69, 9.17) is 4.52 Å². The molecule has 0 aliphatic carbocycles. The molecule has 0 amide bonds. The highest BCUT2D eigenvalue weighted by molar-refractivity contribution is 8.13. The number of thioether (sulfide) groups is 1. The van der Waals surface area contributed by atoms with E-state index in [0.29, 0.717) is 24.6 Å². The standard InChI is InChI=1S/C12H22N3O2S/c1-4-15(5-2,6-3)9-12(16)18-8-7-11-13-10-14-17-11/h10H,4-9H2,1-3H3/q+1. The highest BCUT2D eigenvalue weighted by Gasteiger charge is 2.24. The number of hydrogen-bond acceptors (Lipinski definition) is 5. The summed E-state index contributed by atoms with van der Waals surface area (Å²) in [6.07, 6.45) is 2.04. The molecular weight excluding hydrogens is 250 g/mol. The van der Waals surface area contributed by atoms with Crippen LogP contribution >= 0.6 is 11.8 Å². The van der Waals surface area contributed by atoms with Crippen LogP contribution < -0.4 is 0 Å². The first-order valence-corrected chi connectivity index (χ1v) is 7.40. The first-order valence-electron chi connectivity index (χ1n) is 6.42. The lowest BCUT2D eigenvalue weighted by molar-refractivity contribution is -0.915. The van der Waals surface area contributed by atoms with Crippen LogP contribution in [0.3, 0.4) is 0 Å². The fourth-order valence-electron chi connectivity index (χ4n) is 1.88. The summed E-state index contributed by atoms with van der Waals surface area (Å²) in [5.74, 6) is 1.30. The minimum atomic E-state index is 0.250.